The number of nitrogens with zero attached hydrogens (tertiary/aromatic N) is 1. The van der Waals surface area contributed by atoms with Crippen LogP contribution in [0.2, 0.25) is 5.32 Å². The van der Waals surface area contributed by atoms with E-state index in [9.17, 15) is 19.8 Å². The number of alkyl carbamates (subject to hydrolysis) is 1. The molecule has 1 unspecified atom stereocenters. The van der Waals surface area contributed by atoms with Crippen LogP contribution in [0, 0.1) is 0 Å². The summed E-state index contributed by atoms with van der Waals surface area (Å²) in [6.45, 7) is 6.87. The van der Waals surface area contributed by atoms with Gasteiger partial charge in [-0.15, -0.1) is 0 Å². The normalized spacial score (nSPS) is 19.0. The van der Waals surface area contributed by atoms with Crippen LogP contribution >= 0.6 is 0 Å². The summed E-state index contributed by atoms with van der Waals surface area (Å²) in [6, 6.07) is 14.2. The number of carboxylic acids is 1. The molecule has 0 saturated heterocycles. The van der Waals surface area contributed by atoms with Gasteiger partial charge in [-0.25, -0.2) is 0 Å². The van der Waals surface area contributed by atoms with E-state index in [4.69, 9.17) is 4.74 Å². The zero-order valence-electron chi connectivity index (χ0n) is 18.0. The molecule has 3 rings (SSSR count). The Morgan fingerprint density at radius 2 is 1.81 bits per heavy atom. The predicted molar refractivity (Wildman–Crippen MR) is 116 cm³/mol. The van der Waals surface area contributed by atoms with Crippen molar-refractivity contribution in [2.45, 2.75) is 50.3 Å². The molecule has 3 N–H and O–H groups in total. The summed E-state index contributed by atoms with van der Waals surface area (Å²) in [5.41, 5.74) is 0.526. The van der Waals surface area contributed by atoms with E-state index in [2.05, 4.69) is 5.32 Å². The second-order valence-corrected chi connectivity index (χ2v) is 10.6. The Morgan fingerprint density at radius 3 is 2.42 bits per heavy atom. The predicted octanol–water partition coefficient (Wildman–Crippen LogP) is 2.51. The summed E-state index contributed by atoms with van der Waals surface area (Å²) in [4.78, 5) is 23.9. The van der Waals surface area contributed by atoms with Crippen LogP contribution in [-0.2, 0) is 15.1 Å². The standard InChI is InChI=1S/C23H26N2O5Se/c1-22(2,3)30-21(28)24-16(20(26)27)14-31-19-18(15-10-6-5-7-11-15)25-13-9-8-12-17(25)23(19,4)29/h5-13,16,29H,14H2,1-4H3,(H-,24,26,27,28)/p+1/t16-,23?/m0/s1. The van der Waals surface area contributed by atoms with Gasteiger partial charge in [-0.1, -0.05) is 0 Å². The van der Waals surface area contributed by atoms with E-state index in [0.29, 0.717) is 0 Å². The molecule has 1 aromatic carbocycles. The van der Waals surface area contributed by atoms with Crippen LogP contribution in [0.15, 0.2) is 59.2 Å². The number of benzene rings is 1. The molecule has 2 aromatic rings. The number of carbonyl (C=O) groups is 2. The third-order valence-corrected chi connectivity index (χ3v) is 7.58. The van der Waals surface area contributed by atoms with Crippen LogP contribution in [0.3, 0.4) is 0 Å². The quantitative estimate of drug-likeness (QED) is 0.427. The van der Waals surface area contributed by atoms with E-state index >= 15 is 0 Å². The Hall–Kier alpha value is -2.67. The Kier molecular flexibility index (Phi) is 6.55. The second-order valence-electron chi connectivity index (χ2n) is 8.42. The van der Waals surface area contributed by atoms with Crippen LogP contribution in [0.5, 0.6) is 0 Å². The molecule has 1 aromatic heterocycles. The summed E-state index contributed by atoms with van der Waals surface area (Å²) in [7, 11) is 0. The minimum atomic E-state index is -1.25. The van der Waals surface area contributed by atoms with Crippen molar-refractivity contribution in [1.29, 1.82) is 0 Å². The molecule has 0 spiro atoms. The minimum absolute atomic E-state index is 0.165. The summed E-state index contributed by atoms with van der Waals surface area (Å²) in [5, 5.41) is 23.6. The third-order valence-electron chi connectivity index (χ3n) is 4.69. The molecule has 0 bridgehead atoms. The molecule has 31 heavy (non-hydrogen) atoms. The number of nitrogens with one attached hydrogen (secondary N) is 1. The average molecular weight is 490 g/mol. The number of carbonyl (C=O) groups excluding carboxylic acids is 1. The van der Waals surface area contributed by atoms with E-state index in [1.54, 1.807) is 27.7 Å². The first-order chi connectivity index (χ1) is 14.5. The molecule has 0 radical (unpaired) electrons. The number of ether oxygens (including phenoxy) is 1. The molecule has 2 heterocycles. The first-order valence-electron chi connectivity index (χ1n) is 9.90. The number of rotatable bonds is 6. The fraction of sp³-hybridized carbons (Fsp3) is 0.348. The van der Waals surface area contributed by atoms with Crippen LogP contribution in [0.4, 0.5) is 4.79 Å². The van der Waals surface area contributed by atoms with Crippen molar-refractivity contribution in [3.05, 3.63) is 70.5 Å². The SMILES string of the molecule is CC(C)(C)OC(=O)N[C@@H](C[Se]C1=C(c2ccccc2)[n+]2ccccc2C1(C)O)C(=O)O. The number of amides is 1. The van der Waals surface area contributed by atoms with Crippen LogP contribution in [0.25, 0.3) is 5.70 Å². The molecule has 2 atom stereocenters. The summed E-state index contributed by atoms with van der Waals surface area (Å²) in [5.74, 6) is -1.14. The molecule has 0 aliphatic carbocycles. The van der Waals surface area contributed by atoms with Crippen molar-refractivity contribution in [2.24, 2.45) is 0 Å². The molecular weight excluding hydrogens is 463 g/mol. The summed E-state index contributed by atoms with van der Waals surface area (Å²) in [6.07, 6.45) is 1.12. The zero-order chi connectivity index (χ0) is 22.8. The Balaban J connectivity index is 1.91. The first-order valence-corrected chi connectivity index (χ1v) is 12.0. The van der Waals surface area contributed by atoms with Crippen molar-refractivity contribution < 1.29 is 29.1 Å². The molecule has 0 saturated carbocycles. The molecule has 7 nitrogen and oxygen atoms in total. The van der Waals surface area contributed by atoms with Crippen LogP contribution in [-0.4, -0.2) is 48.9 Å². The van der Waals surface area contributed by atoms with Gasteiger partial charge < -0.3 is 0 Å². The number of hydrogen-bond donors (Lipinski definition) is 3. The van der Waals surface area contributed by atoms with Gasteiger partial charge in [0.1, 0.15) is 0 Å². The molecule has 8 heteroatoms. The van der Waals surface area contributed by atoms with Gasteiger partial charge in [0, 0.05) is 0 Å². The van der Waals surface area contributed by atoms with E-state index in [0.717, 1.165) is 21.4 Å². The first kappa shape index (κ1) is 23.0. The number of aliphatic carboxylic acids is 1. The Labute approximate surface area is 187 Å². The van der Waals surface area contributed by atoms with Crippen molar-refractivity contribution in [2.75, 3.05) is 0 Å². The fourth-order valence-corrected chi connectivity index (χ4v) is 6.08. The van der Waals surface area contributed by atoms with E-state index < -0.39 is 44.3 Å². The van der Waals surface area contributed by atoms with Crippen LogP contribution in [0.1, 0.15) is 39.0 Å². The molecule has 1 aliphatic rings. The number of aliphatic hydroxyl groups is 1. The van der Waals surface area contributed by atoms with Gasteiger partial charge in [-0.2, -0.15) is 0 Å². The Bertz CT molecular complexity index is 1010. The van der Waals surface area contributed by atoms with Gasteiger partial charge in [0.15, 0.2) is 0 Å². The van der Waals surface area contributed by atoms with E-state index in [1.165, 1.54) is 0 Å². The van der Waals surface area contributed by atoms with Crippen molar-refractivity contribution in [3.63, 3.8) is 0 Å². The fourth-order valence-electron chi connectivity index (χ4n) is 3.36. The monoisotopic (exact) mass is 491 g/mol. The molecular formula is C23H27N2O5Se+. The van der Waals surface area contributed by atoms with Crippen LogP contribution < -0.4 is 9.88 Å². The average Bonchev–Trinajstić information content (AvgIpc) is 2.91. The number of fused-ring (bicyclic) bond motifs is 1. The number of hydrogen-bond acceptors (Lipinski definition) is 4. The van der Waals surface area contributed by atoms with Crippen molar-refractivity contribution in [1.82, 2.24) is 5.32 Å². The van der Waals surface area contributed by atoms with Gasteiger partial charge in [0.2, 0.25) is 0 Å². The van der Waals surface area contributed by atoms with Gasteiger partial charge >= 0.3 is 188 Å². The molecule has 1 aliphatic heterocycles. The second kappa shape index (κ2) is 8.83. The summed E-state index contributed by atoms with van der Waals surface area (Å²) < 4.78 is 7.91. The number of aromatic nitrogens is 1. The van der Waals surface area contributed by atoms with Gasteiger partial charge in [-0.3, -0.25) is 0 Å². The molecule has 164 valence electrons. The van der Waals surface area contributed by atoms with Gasteiger partial charge in [-0.05, 0) is 0 Å². The molecule has 1 amide bonds. The van der Waals surface area contributed by atoms with Crippen molar-refractivity contribution >= 4 is 32.7 Å². The van der Waals surface area contributed by atoms with Gasteiger partial charge in [0.05, 0.1) is 0 Å². The number of pyridine rings is 1. The Morgan fingerprint density at radius 1 is 1.16 bits per heavy atom. The maximum atomic E-state index is 12.1. The van der Waals surface area contributed by atoms with E-state index in [-0.39, 0.29) is 5.32 Å². The number of carboxylic acid groups (broad SMARTS) is 1. The maximum absolute atomic E-state index is 12.1. The topological polar surface area (TPSA) is 99.7 Å². The van der Waals surface area contributed by atoms with E-state index in [1.807, 2.05) is 59.3 Å². The third kappa shape index (κ3) is 5.15. The molecule has 0 fully saturated rings. The van der Waals surface area contributed by atoms with Crippen molar-refractivity contribution in [3.8, 4) is 0 Å². The van der Waals surface area contributed by atoms with Gasteiger partial charge in [0.25, 0.3) is 0 Å². The summed E-state index contributed by atoms with van der Waals surface area (Å²) >= 11 is -0.432. The zero-order valence-corrected chi connectivity index (χ0v) is 19.7.